The lowest BCUT2D eigenvalue weighted by Crippen LogP contribution is -2.51. The quantitative estimate of drug-likeness (QED) is 0.651. The van der Waals surface area contributed by atoms with Gasteiger partial charge >= 0.3 is 0 Å². The number of rotatable bonds is 4. The second kappa shape index (κ2) is 7.19. The van der Waals surface area contributed by atoms with Crippen molar-refractivity contribution >= 4 is 11.6 Å². The zero-order valence-corrected chi connectivity index (χ0v) is 15.7. The summed E-state index contributed by atoms with van der Waals surface area (Å²) in [5, 5.41) is 12.4. The van der Waals surface area contributed by atoms with Crippen molar-refractivity contribution < 1.29 is 9.90 Å². The number of nitrogens with two attached hydrogens (primary N) is 1. The minimum absolute atomic E-state index is 0.131. The van der Waals surface area contributed by atoms with E-state index in [9.17, 15) is 9.90 Å². The number of hydrogen-bond acceptors (Lipinski definition) is 4. The molecule has 0 aliphatic heterocycles. The minimum atomic E-state index is -0.442. The fourth-order valence-electron chi connectivity index (χ4n) is 3.78. The van der Waals surface area contributed by atoms with E-state index in [-0.39, 0.29) is 12.0 Å². The summed E-state index contributed by atoms with van der Waals surface area (Å²) in [4.78, 5) is 16.1. The van der Waals surface area contributed by atoms with Gasteiger partial charge in [-0.05, 0) is 30.0 Å². The molecule has 5 heteroatoms. The third-order valence-electron chi connectivity index (χ3n) is 5.23. The van der Waals surface area contributed by atoms with E-state index in [0.29, 0.717) is 18.5 Å². The zero-order chi connectivity index (χ0) is 19.7. The molecule has 28 heavy (non-hydrogen) atoms. The third kappa shape index (κ3) is 3.54. The molecule has 0 radical (unpaired) electrons. The molecule has 1 saturated carbocycles. The number of pyridine rings is 1. The number of aromatic nitrogens is 1. The molecule has 1 heterocycles. The van der Waals surface area contributed by atoms with Gasteiger partial charge in [-0.25, -0.2) is 0 Å². The fraction of sp³-hybridized carbons (Fsp3) is 0.217. The van der Waals surface area contributed by atoms with Gasteiger partial charge in [0.15, 0.2) is 0 Å². The van der Waals surface area contributed by atoms with E-state index in [1.807, 2.05) is 60.7 Å². The van der Waals surface area contributed by atoms with Gasteiger partial charge < -0.3 is 16.2 Å². The van der Waals surface area contributed by atoms with Crippen LogP contribution in [0.3, 0.4) is 0 Å². The van der Waals surface area contributed by atoms with Gasteiger partial charge in [0, 0.05) is 23.6 Å². The van der Waals surface area contributed by atoms with Crippen molar-refractivity contribution in [3.63, 3.8) is 0 Å². The van der Waals surface area contributed by atoms with Crippen LogP contribution in [0.25, 0.3) is 22.4 Å². The lowest BCUT2D eigenvalue weighted by Gasteiger charge is -2.42. The zero-order valence-electron chi connectivity index (χ0n) is 15.7. The van der Waals surface area contributed by atoms with E-state index in [0.717, 1.165) is 27.9 Å². The van der Waals surface area contributed by atoms with Crippen molar-refractivity contribution in [1.29, 1.82) is 0 Å². The van der Waals surface area contributed by atoms with Crippen LogP contribution in [-0.4, -0.2) is 22.1 Å². The third-order valence-corrected chi connectivity index (χ3v) is 5.23. The number of carbonyl (C=O) groups excluding carboxylic acids is 1. The number of benzene rings is 2. The molecule has 3 aromatic rings. The highest BCUT2D eigenvalue weighted by Gasteiger charge is 2.41. The van der Waals surface area contributed by atoms with E-state index < -0.39 is 5.54 Å². The first-order valence-corrected chi connectivity index (χ1v) is 9.35. The van der Waals surface area contributed by atoms with Gasteiger partial charge in [-0.15, -0.1) is 0 Å². The largest absolute Gasteiger partial charge is 0.393 e. The Labute approximate surface area is 164 Å². The average Bonchev–Trinajstić information content (AvgIpc) is 2.67. The maximum absolute atomic E-state index is 11.4. The number of aliphatic hydroxyl groups is 1. The van der Waals surface area contributed by atoms with Crippen molar-refractivity contribution in [3.8, 4) is 22.4 Å². The van der Waals surface area contributed by atoms with Crippen LogP contribution in [0.15, 0.2) is 66.9 Å². The molecule has 0 saturated heterocycles. The summed E-state index contributed by atoms with van der Waals surface area (Å²) in [6.45, 7) is 1.48. The predicted molar refractivity (Wildman–Crippen MR) is 111 cm³/mol. The Morgan fingerprint density at radius 1 is 1.11 bits per heavy atom. The molecule has 0 unspecified atom stereocenters. The van der Waals surface area contributed by atoms with E-state index in [4.69, 9.17) is 5.73 Å². The van der Waals surface area contributed by atoms with E-state index in [2.05, 4.69) is 10.3 Å². The summed E-state index contributed by atoms with van der Waals surface area (Å²) < 4.78 is 0. The molecule has 0 atom stereocenters. The summed E-state index contributed by atoms with van der Waals surface area (Å²) in [5.41, 5.74) is 11.4. The Hall–Kier alpha value is -3.02. The summed E-state index contributed by atoms with van der Waals surface area (Å²) in [7, 11) is 0. The average molecular weight is 373 g/mol. The van der Waals surface area contributed by atoms with Gasteiger partial charge in [0.2, 0.25) is 5.91 Å². The predicted octanol–water partition coefficient (Wildman–Crippen LogP) is 3.68. The Morgan fingerprint density at radius 2 is 1.79 bits per heavy atom. The number of carbonyl (C=O) groups is 1. The topological polar surface area (TPSA) is 88.2 Å². The molecule has 1 amide bonds. The van der Waals surface area contributed by atoms with E-state index >= 15 is 0 Å². The monoisotopic (exact) mass is 373 g/mol. The summed E-state index contributed by atoms with van der Waals surface area (Å²) in [6.07, 6.45) is 2.54. The second-order valence-electron chi connectivity index (χ2n) is 7.46. The molecule has 5 nitrogen and oxygen atoms in total. The molecule has 0 bridgehead atoms. The molecule has 1 aliphatic rings. The molecule has 2 aromatic carbocycles. The fourth-order valence-corrected chi connectivity index (χ4v) is 3.78. The standard InChI is InChI=1S/C23H23N3O2/c1-15(27)26-19-11-21(16-5-3-2-4-6-16)22(25-14-19)17-7-9-18(10-8-17)23(24)12-20(28)13-23/h2-11,14,20,28H,12-13,24H2,1H3,(H,26,27). The normalized spacial score (nSPS) is 21.0. The Balaban J connectivity index is 1.73. The van der Waals surface area contributed by atoms with Crippen LogP contribution < -0.4 is 11.1 Å². The number of aliphatic hydroxyl groups excluding tert-OH is 1. The van der Waals surface area contributed by atoms with Crippen molar-refractivity contribution in [2.24, 2.45) is 5.73 Å². The number of nitrogens with zero attached hydrogens (tertiary/aromatic N) is 1. The first-order valence-electron chi connectivity index (χ1n) is 9.35. The SMILES string of the molecule is CC(=O)Nc1cnc(-c2ccc(C3(N)CC(O)C3)cc2)c(-c2ccccc2)c1. The molecule has 1 aliphatic carbocycles. The Kier molecular flexibility index (Phi) is 4.71. The summed E-state index contributed by atoms with van der Waals surface area (Å²) in [5.74, 6) is -0.131. The summed E-state index contributed by atoms with van der Waals surface area (Å²) >= 11 is 0. The van der Waals surface area contributed by atoms with E-state index in [1.165, 1.54) is 6.92 Å². The highest BCUT2D eigenvalue weighted by atomic mass is 16.3. The van der Waals surface area contributed by atoms with Crippen LogP contribution in [0.4, 0.5) is 5.69 Å². The van der Waals surface area contributed by atoms with Crippen LogP contribution in [0.2, 0.25) is 0 Å². The smallest absolute Gasteiger partial charge is 0.221 e. The van der Waals surface area contributed by atoms with Crippen molar-refractivity contribution in [3.05, 3.63) is 72.4 Å². The van der Waals surface area contributed by atoms with E-state index in [1.54, 1.807) is 6.20 Å². The lowest BCUT2D eigenvalue weighted by atomic mass is 9.70. The number of hydrogen-bond donors (Lipinski definition) is 3. The van der Waals surface area contributed by atoms with Gasteiger partial charge in [0.1, 0.15) is 0 Å². The molecule has 0 spiro atoms. The van der Waals surface area contributed by atoms with Crippen LogP contribution in [0.5, 0.6) is 0 Å². The van der Waals surface area contributed by atoms with Gasteiger partial charge in [-0.2, -0.15) is 0 Å². The number of anilines is 1. The van der Waals surface area contributed by atoms with Crippen molar-refractivity contribution in [2.75, 3.05) is 5.32 Å². The Bertz CT molecular complexity index is 994. The maximum atomic E-state index is 11.4. The van der Waals surface area contributed by atoms with Crippen molar-refractivity contribution in [1.82, 2.24) is 4.98 Å². The summed E-state index contributed by atoms with van der Waals surface area (Å²) in [6, 6.07) is 20.0. The van der Waals surface area contributed by atoms with Gasteiger partial charge in [-0.1, -0.05) is 54.6 Å². The van der Waals surface area contributed by atoms with Crippen LogP contribution in [0.1, 0.15) is 25.3 Å². The molecule has 1 aromatic heterocycles. The highest BCUT2D eigenvalue weighted by molar-refractivity contribution is 5.91. The van der Waals surface area contributed by atoms with Gasteiger partial charge in [0.05, 0.1) is 23.7 Å². The molecule has 1 fully saturated rings. The second-order valence-corrected chi connectivity index (χ2v) is 7.46. The molecule has 142 valence electrons. The number of amides is 1. The Morgan fingerprint density at radius 3 is 2.39 bits per heavy atom. The number of nitrogens with one attached hydrogen (secondary N) is 1. The maximum Gasteiger partial charge on any atom is 0.221 e. The highest BCUT2D eigenvalue weighted by Crippen LogP contribution is 2.40. The molecular formula is C23H23N3O2. The minimum Gasteiger partial charge on any atom is -0.393 e. The first-order chi connectivity index (χ1) is 13.4. The van der Waals surface area contributed by atoms with Crippen LogP contribution in [-0.2, 0) is 10.3 Å². The van der Waals surface area contributed by atoms with Crippen molar-refractivity contribution in [2.45, 2.75) is 31.4 Å². The first kappa shape index (κ1) is 18.3. The molecule has 4 rings (SSSR count). The van der Waals surface area contributed by atoms with Crippen LogP contribution in [0, 0.1) is 0 Å². The molecular weight excluding hydrogens is 350 g/mol. The van der Waals surface area contributed by atoms with Gasteiger partial charge in [0.25, 0.3) is 0 Å². The van der Waals surface area contributed by atoms with Gasteiger partial charge in [-0.3, -0.25) is 9.78 Å². The van der Waals surface area contributed by atoms with Crippen LogP contribution >= 0.6 is 0 Å². The molecule has 4 N–H and O–H groups in total. The lowest BCUT2D eigenvalue weighted by molar-refractivity contribution is -0.114.